The normalized spacial score (nSPS) is 10.5. The van der Waals surface area contributed by atoms with Gasteiger partial charge in [-0.1, -0.05) is 130 Å². The first-order valence-corrected chi connectivity index (χ1v) is 15.4. The van der Waals surface area contributed by atoms with E-state index in [1.54, 1.807) is 0 Å². The summed E-state index contributed by atoms with van der Waals surface area (Å²) in [6.07, 6.45) is 2.26. The molecule has 0 bridgehead atoms. The number of halogens is 3. The molecule has 40 heavy (non-hydrogen) atoms. The van der Waals surface area contributed by atoms with E-state index in [1.807, 2.05) is 78.9 Å². The Kier molecular flexibility index (Phi) is 10.9. The van der Waals surface area contributed by atoms with Gasteiger partial charge in [0, 0.05) is 29.9 Å². The third-order valence-corrected chi connectivity index (χ3v) is 8.33. The van der Waals surface area contributed by atoms with E-state index in [2.05, 4.69) is 85.0 Å². The van der Waals surface area contributed by atoms with Crippen molar-refractivity contribution in [2.45, 2.75) is 19.8 Å². The first kappa shape index (κ1) is 29.9. The zero-order valence-electron chi connectivity index (χ0n) is 22.2. The molecule has 0 aliphatic heterocycles. The summed E-state index contributed by atoms with van der Waals surface area (Å²) in [5.74, 6) is 0.944. The number of nitrogens with two attached hydrogens (primary N) is 2. The molecule has 6 heteroatoms. The fourth-order valence-electron chi connectivity index (χ4n) is 4.23. The van der Waals surface area contributed by atoms with Gasteiger partial charge in [-0.15, -0.1) is 0 Å². The molecule has 3 nitrogen and oxygen atoms in total. The van der Waals surface area contributed by atoms with E-state index in [1.165, 1.54) is 16.2 Å². The zero-order valence-corrected chi connectivity index (χ0v) is 27.0. The first-order valence-electron chi connectivity index (χ1n) is 13.1. The number of unbranched alkanes of at least 4 members (excludes halogenated alkanes) is 1. The minimum absolute atomic E-state index is 0.791. The maximum Gasteiger partial charge on any atom is 0.121 e. The number of rotatable bonds is 4. The van der Waals surface area contributed by atoms with Crippen LogP contribution >= 0.6 is 47.8 Å². The predicted octanol–water partition coefficient (Wildman–Crippen LogP) is 11.2. The maximum absolute atomic E-state index is 5.92. The molecule has 0 saturated heterocycles. The molecule has 6 aromatic rings. The van der Waals surface area contributed by atoms with Gasteiger partial charge in [0.25, 0.3) is 0 Å². The first-order chi connectivity index (χ1) is 19.4. The Morgan fingerprint density at radius 2 is 1.15 bits per heavy atom. The van der Waals surface area contributed by atoms with Crippen molar-refractivity contribution in [2.24, 2.45) is 0 Å². The third-order valence-electron chi connectivity index (χ3n) is 6.36. The summed E-state index contributed by atoms with van der Waals surface area (Å²) in [7, 11) is 0. The highest BCUT2D eigenvalue weighted by Crippen LogP contribution is 2.34. The van der Waals surface area contributed by atoms with Crippen LogP contribution < -0.4 is 16.2 Å². The van der Waals surface area contributed by atoms with E-state index in [-0.39, 0.29) is 0 Å². The number of nitrogen functional groups attached to an aromatic ring is 2. The summed E-state index contributed by atoms with van der Waals surface area (Å²) in [4.78, 5) is 0. The predicted molar refractivity (Wildman–Crippen MR) is 184 cm³/mol. The van der Waals surface area contributed by atoms with Crippen LogP contribution in [0.3, 0.4) is 0 Å². The monoisotopic (exact) mass is 720 g/mol. The van der Waals surface area contributed by atoms with Crippen LogP contribution in [-0.2, 0) is 0 Å². The summed E-state index contributed by atoms with van der Waals surface area (Å²) >= 11 is 10.5. The average Bonchev–Trinajstić information content (AvgIpc) is 2.97. The lowest BCUT2D eigenvalue weighted by atomic mass is 10.1. The van der Waals surface area contributed by atoms with Crippen LogP contribution in [0.1, 0.15) is 19.8 Å². The molecular weight excluding hydrogens is 692 g/mol. The molecule has 6 rings (SSSR count). The number of anilines is 2. The van der Waals surface area contributed by atoms with Crippen molar-refractivity contribution in [3.8, 4) is 5.75 Å². The van der Waals surface area contributed by atoms with E-state index >= 15 is 0 Å². The summed E-state index contributed by atoms with van der Waals surface area (Å²) < 4.78 is 8.79. The molecule has 0 aliphatic carbocycles. The van der Waals surface area contributed by atoms with E-state index in [0.717, 1.165) is 66.1 Å². The summed E-state index contributed by atoms with van der Waals surface area (Å²) in [5, 5.41) is 6.99. The average molecular weight is 723 g/mol. The number of hydrogen-bond donors (Lipinski definition) is 2. The van der Waals surface area contributed by atoms with Crippen molar-refractivity contribution in [3.05, 3.63) is 123 Å². The highest BCUT2D eigenvalue weighted by atomic mass is 79.9. The van der Waals surface area contributed by atoms with Crippen molar-refractivity contribution in [3.63, 3.8) is 0 Å². The van der Waals surface area contributed by atoms with E-state index in [4.69, 9.17) is 16.2 Å². The van der Waals surface area contributed by atoms with Gasteiger partial charge < -0.3 is 16.2 Å². The van der Waals surface area contributed by atoms with Gasteiger partial charge in [-0.2, -0.15) is 0 Å². The topological polar surface area (TPSA) is 61.3 Å². The van der Waals surface area contributed by atoms with Crippen LogP contribution in [0.2, 0.25) is 0 Å². The smallest absolute Gasteiger partial charge is 0.121 e. The SMILES string of the molecule is CCCCOc1cc(Br)c2ccccc2c1.Nc1c(Br)cc(Br)c2ccccc12.Nc1cccc2ccccc12. The molecule has 0 amide bonds. The standard InChI is InChI=1S/C14H15BrO.C10H7Br2N.C10H9N/c1-2-3-8-16-12-9-11-6-4-5-7-13(11)14(15)10-12;11-8-5-9(12)10(13)7-4-2-1-3-6(7)8;11-10-7-3-5-8-4-1-2-6-9(8)10/h4-7,9-10H,2-3,8H2,1H3;1-5H,13H2;1-7H,11H2. The second kappa shape index (κ2) is 14.5. The van der Waals surface area contributed by atoms with E-state index in [0.29, 0.717) is 0 Å². The summed E-state index contributed by atoms with van der Waals surface area (Å²) in [5.41, 5.74) is 13.3. The fourth-order valence-corrected chi connectivity index (χ4v) is 6.14. The molecule has 0 fully saturated rings. The van der Waals surface area contributed by atoms with Crippen LogP contribution in [0, 0.1) is 0 Å². The molecule has 0 heterocycles. The molecule has 0 spiro atoms. The number of hydrogen-bond acceptors (Lipinski definition) is 3. The van der Waals surface area contributed by atoms with Crippen LogP contribution in [0.25, 0.3) is 32.3 Å². The Morgan fingerprint density at radius 3 is 1.85 bits per heavy atom. The largest absolute Gasteiger partial charge is 0.494 e. The van der Waals surface area contributed by atoms with Crippen molar-refractivity contribution >= 4 is 91.5 Å². The molecule has 0 unspecified atom stereocenters. The van der Waals surface area contributed by atoms with Gasteiger partial charge in [0.1, 0.15) is 5.75 Å². The minimum Gasteiger partial charge on any atom is -0.494 e. The number of fused-ring (bicyclic) bond motifs is 3. The van der Waals surface area contributed by atoms with Crippen molar-refractivity contribution in [1.82, 2.24) is 0 Å². The lowest BCUT2D eigenvalue weighted by molar-refractivity contribution is 0.309. The van der Waals surface area contributed by atoms with Gasteiger partial charge in [-0.3, -0.25) is 0 Å². The number of benzene rings is 6. The Bertz CT molecular complexity index is 1730. The second-order valence-corrected chi connectivity index (χ2v) is 11.8. The molecule has 6 aromatic carbocycles. The lowest BCUT2D eigenvalue weighted by Gasteiger charge is -2.08. The third kappa shape index (κ3) is 7.57. The highest BCUT2D eigenvalue weighted by molar-refractivity contribution is 9.11. The Hall–Kier alpha value is -3.06. The Balaban J connectivity index is 0.000000141. The Labute approximate surface area is 260 Å². The van der Waals surface area contributed by atoms with Crippen LogP contribution in [0.5, 0.6) is 5.75 Å². The van der Waals surface area contributed by atoms with Crippen LogP contribution in [-0.4, -0.2) is 6.61 Å². The summed E-state index contributed by atoms with van der Waals surface area (Å²) in [6, 6.07) is 36.5. The van der Waals surface area contributed by atoms with Gasteiger partial charge in [0.15, 0.2) is 0 Å². The minimum atomic E-state index is 0.791. The lowest BCUT2D eigenvalue weighted by Crippen LogP contribution is -1.96. The van der Waals surface area contributed by atoms with Crippen molar-refractivity contribution < 1.29 is 4.74 Å². The maximum atomic E-state index is 5.92. The molecule has 4 N–H and O–H groups in total. The number of ether oxygens (including phenoxy) is 1. The molecular formula is C34H31Br3N2O. The molecule has 0 radical (unpaired) electrons. The van der Waals surface area contributed by atoms with E-state index in [9.17, 15) is 0 Å². The van der Waals surface area contributed by atoms with Gasteiger partial charge in [0.2, 0.25) is 0 Å². The zero-order chi connectivity index (χ0) is 28.5. The van der Waals surface area contributed by atoms with Crippen molar-refractivity contribution in [2.75, 3.05) is 18.1 Å². The van der Waals surface area contributed by atoms with Gasteiger partial charge in [-0.25, -0.2) is 0 Å². The fraction of sp³-hybridized carbons (Fsp3) is 0.118. The Morgan fingerprint density at radius 1 is 0.575 bits per heavy atom. The molecule has 0 saturated carbocycles. The summed E-state index contributed by atoms with van der Waals surface area (Å²) in [6.45, 7) is 2.96. The van der Waals surface area contributed by atoms with E-state index < -0.39 is 0 Å². The van der Waals surface area contributed by atoms with Gasteiger partial charge in [-0.05, 0) is 68.2 Å². The molecule has 0 aliphatic rings. The second-order valence-electron chi connectivity index (χ2n) is 9.20. The van der Waals surface area contributed by atoms with Gasteiger partial charge in [0.05, 0.1) is 12.3 Å². The molecule has 0 atom stereocenters. The quantitative estimate of drug-likeness (QED) is 0.141. The molecule has 0 aromatic heterocycles. The van der Waals surface area contributed by atoms with Crippen LogP contribution in [0.4, 0.5) is 11.4 Å². The van der Waals surface area contributed by atoms with Crippen molar-refractivity contribution in [1.29, 1.82) is 0 Å². The molecule has 204 valence electrons. The van der Waals surface area contributed by atoms with Crippen LogP contribution in [0.15, 0.2) is 123 Å². The van der Waals surface area contributed by atoms with Gasteiger partial charge >= 0.3 is 0 Å². The highest BCUT2D eigenvalue weighted by Gasteiger charge is 2.05.